The Balaban J connectivity index is 1.84. The van der Waals surface area contributed by atoms with Gasteiger partial charge in [0.15, 0.2) is 0 Å². The number of nitrogens with one attached hydrogen (secondary N) is 1. The van der Waals surface area contributed by atoms with Crippen LogP contribution in [0.5, 0.6) is 0 Å². The molecule has 0 spiro atoms. The Bertz CT molecular complexity index is 379. The normalized spacial score (nSPS) is 24.6. The molecular weight excluding hydrogens is 246 g/mol. The zero-order chi connectivity index (χ0) is 14.4. The molecular formula is C18H29NO. The summed E-state index contributed by atoms with van der Waals surface area (Å²) in [6.45, 7) is 4.48. The number of benzene rings is 1. The lowest BCUT2D eigenvalue weighted by atomic mass is 9.92. The van der Waals surface area contributed by atoms with Crippen molar-refractivity contribution in [2.45, 2.75) is 77.0 Å². The SMILES string of the molecule is CCCCc1ccc(C(C)NC2CCC(O)CC2)cc1. The van der Waals surface area contributed by atoms with Crippen molar-refractivity contribution in [3.63, 3.8) is 0 Å². The lowest BCUT2D eigenvalue weighted by Crippen LogP contribution is -2.36. The molecule has 1 aliphatic rings. The molecule has 0 heterocycles. The second kappa shape index (κ2) is 7.80. The molecule has 1 aromatic rings. The minimum absolute atomic E-state index is 0.0683. The molecule has 1 aliphatic carbocycles. The first-order valence-electron chi connectivity index (χ1n) is 8.22. The predicted octanol–water partition coefficient (Wildman–Crippen LogP) is 3.98. The molecule has 1 fully saturated rings. The maximum atomic E-state index is 9.55. The predicted molar refractivity (Wildman–Crippen MR) is 84.9 cm³/mol. The van der Waals surface area contributed by atoms with E-state index in [0.29, 0.717) is 12.1 Å². The van der Waals surface area contributed by atoms with Gasteiger partial charge in [-0.05, 0) is 56.6 Å². The van der Waals surface area contributed by atoms with Gasteiger partial charge in [0.2, 0.25) is 0 Å². The molecule has 0 amide bonds. The molecule has 2 N–H and O–H groups in total. The summed E-state index contributed by atoms with van der Waals surface area (Å²) < 4.78 is 0. The van der Waals surface area contributed by atoms with Gasteiger partial charge in [0.05, 0.1) is 6.10 Å². The van der Waals surface area contributed by atoms with Crippen LogP contribution in [0.4, 0.5) is 0 Å². The van der Waals surface area contributed by atoms with Gasteiger partial charge < -0.3 is 10.4 Å². The molecule has 0 saturated heterocycles. The van der Waals surface area contributed by atoms with Crippen LogP contribution in [-0.4, -0.2) is 17.3 Å². The van der Waals surface area contributed by atoms with Crippen LogP contribution in [0.25, 0.3) is 0 Å². The van der Waals surface area contributed by atoms with E-state index >= 15 is 0 Å². The Morgan fingerprint density at radius 3 is 2.40 bits per heavy atom. The molecule has 2 heteroatoms. The highest BCUT2D eigenvalue weighted by molar-refractivity contribution is 5.25. The monoisotopic (exact) mass is 275 g/mol. The van der Waals surface area contributed by atoms with E-state index in [1.807, 2.05) is 0 Å². The van der Waals surface area contributed by atoms with Gasteiger partial charge in [-0.3, -0.25) is 0 Å². The van der Waals surface area contributed by atoms with Gasteiger partial charge >= 0.3 is 0 Å². The number of rotatable bonds is 6. The van der Waals surface area contributed by atoms with Crippen LogP contribution in [-0.2, 0) is 6.42 Å². The van der Waals surface area contributed by atoms with Gasteiger partial charge in [-0.25, -0.2) is 0 Å². The lowest BCUT2D eigenvalue weighted by Gasteiger charge is -2.29. The fourth-order valence-electron chi connectivity index (χ4n) is 3.05. The quantitative estimate of drug-likeness (QED) is 0.823. The first-order valence-corrected chi connectivity index (χ1v) is 8.22. The Labute approximate surface area is 123 Å². The van der Waals surface area contributed by atoms with Crippen LogP contribution >= 0.6 is 0 Å². The molecule has 112 valence electrons. The molecule has 1 atom stereocenters. The molecule has 1 aromatic carbocycles. The number of hydrogen-bond acceptors (Lipinski definition) is 2. The summed E-state index contributed by atoms with van der Waals surface area (Å²) in [5.74, 6) is 0. The van der Waals surface area contributed by atoms with Gasteiger partial charge in [-0.1, -0.05) is 37.6 Å². The Morgan fingerprint density at radius 1 is 1.15 bits per heavy atom. The minimum atomic E-state index is -0.0683. The van der Waals surface area contributed by atoms with Gasteiger partial charge in [0, 0.05) is 12.1 Å². The van der Waals surface area contributed by atoms with Crippen LogP contribution < -0.4 is 5.32 Å². The number of unbranched alkanes of at least 4 members (excludes halogenated alkanes) is 1. The highest BCUT2D eigenvalue weighted by atomic mass is 16.3. The Hall–Kier alpha value is -0.860. The van der Waals surface area contributed by atoms with Crippen LogP contribution in [0, 0.1) is 0 Å². The summed E-state index contributed by atoms with van der Waals surface area (Å²) in [6, 6.07) is 10.0. The smallest absolute Gasteiger partial charge is 0.0541 e. The topological polar surface area (TPSA) is 32.3 Å². The van der Waals surface area contributed by atoms with Crippen molar-refractivity contribution in [2.75, 3.05) is 0 Å². The summed E-state index contributed by atoms with van der Waals surface area (Å²) in [4.78, 5) is 0. The lowest BCUT2D eigenvalue weighted by molar-refractivity contribution is 0.114. The average Bonchev–Trinajstić information content (AvgIpc) is 2.48. The van der Waals surface area contributed by atoms with Crippen LogP contribution in [0.15, 0.2) is 24.3 Å². The fraction of sp³-hybridized carbons (Fsp3) is 0.667. The molecule has 20 heavy (non-hydrogen) atoms. The molecule has 2 nitrogen and oxygen atoms in total. The molecule has 0 bridgehead atoms. The molecule has 1 unspecified atom stereocenters. The zero-order valence-corrected chi connectivity index (χ0v) is 12.9. The van der Waals surface area contributed by atoms with Crippen LogP contribution in [0.1, 0.15) is 69.5 Å². The summed E-state index contributed by atoms with van der Waals surface area (Å²) >= 11 is 0. The van der Waals surface area contributed by atoms with Crippen molar-refractivity contribution < 1.29 is 5.11 Å². The first kappa shape index (κ1) is 15.5. The van der Waals surface area contributed by atoms with Gasteiger partial charge in [-0.2, -0.15) is 0 Å². The van der Waals surface area contributed by atoms with Crippen molar-refractivity contribution in [1.82, 2.24) is 5.32 Å². The van der Waals surface area contributed by atoms with Crippen molar-refractivity contribution >= 4 is 0 Å². The Kier molecular flexibility index (Phi) is 6.06. The zero-order valence-electron chi connectivity index (χ0n) is 12.9. The minimum Gasteiger partial charge on any atom is -0.393 e. The first-order chi connectivity index (χ1) is 9.69. The third-order valence-electron chi connectivity index (χ3n) is 4.48. The highest BCUT2D eigenvalue weighted by Gasteiger charge is 2.20. The van der Waals surface area contributed by atoms with Gasteiger partial charge in [0.1, 0.15) is 0 Å². The van der Waals surface area contributed by atoms with Gasteiger partial charge in [0.25, 0.3) is 0 Å². The van der Waals surface area contributed by atoms with Crippen molar-refractivity contribution in [2.24, 2.45) is 0 Å². The van der Waals surface area contributed by atoms with E-state index in [-0.39, 0.29) is 6.10 Å². The summed E-state index contributed by atoms with van der Waals surface area (Å²) in [5.41, 5.74) is 2.82. The molecule has 2 rings (SSSR count). The second-order valence-electron chi connectivity index (χ2n) is 6.24. The fourth-order valence-corrected chi connectivity index (χ4v) is 3.05. The number of aliphatic hydroxyl groups is 1. The van der Waals surface area contributed by atoms with E-state index in [9.17, 15) is 5.11 Å². The van der Waals surface area contributed by atoms with E-state index < -0.39 is 0 Å². The largest absolute Gasteiger partial charge is 0.393 e. The average molecular weight is 275 g/mol. The molecule has 0 aliphatic heterocycles. The third-order valence-corrected chi connectivity index (χ3v) is 4.48. The second-order valence-corrected chi connectivity index (χ2v) is 6.24. The summed E-state index contributed by atoms with van der Waals surface area (Å²) in [6.07, 6.45) is 7.74. The van der Waals surface area contributed by atoms with E-state index in [1.165, 1.54) is 30.4 Å². The number of aryl methyl sites for hydroxylation is 1. The highest BCUT2D eigenvalue weighted by Crippen LogP contribution is 2.22. The van der Waals surface area contributed by atoms with Crippen molar-refractivity contribution in [1.29, 1.82) is 0 Å². The van der Waals surface area contributed by atoms with Crippen LogP contribution in [0.2, 0.25) is 0 Å². The van der Waals surface area contributed by atoms with Crippen molar-refractivity contribution in [3.8, 4) is 0 Å². The third kappa shape index (κ3) is 4.60. The maximum absolute atomic E-state index is 9.55. The van der Waals surface area contributed by atoms with Gasteiger partial charge in [-0.15, -0.1) is 0 Å². The van der Waals surface area contributed by atoms with E-state index in [2.05, 4.69) is 43.4 Å². The summed E-state index contributed by atoms with van der Waals surface area (Å²) in [5, 5.41) is 13.3. The van der Waals surface area contributed by atoms with Crippen molar-refractivity contribution in [3.05, 3.63) is 35.4 Å². The number of aliphatic hydroxyl groups excluding tert-OH is 1. The van der Waals surface area contributed by atoms with Crippen LogP contribution in [0.3, 0.4) is 0 Å². The standard InChI is InChI=1S/C18H29NO/c1-3-4-5-15-6-8-16(9-7-15)14(2)19-17-10-12-18(20)13-11-17/h6-9,14,17-20H,3-5,10-13H2,1-2H3. The molecule has 0 radical (unpaired) electrons. The van der Waals surface area contributed by atoms with E-state index in [4.69, 9.17) is 0 Å². The van der Waals surface area contributed by atoms with E-state index in [1.54, 1.807) is 0 Å². The maximum Gasteiger partial charge on any atom is 0.0541 e. The van der Waals surface area contributed by atoms with E-state index in [0.717, 1.165) is 25.7 Å². The summed E-state index contributed by atoms with van der Waals surface area (Å²) in [7, 11) is 0. The number of hydrogen-bond donors (Lipinski definition) is 2. The molecule has 1 saturated carbocycles. The molecule has 0 aromatic heterocycles. The Morgan fingerprint density at radius 2 is 1.80 bits per heavy atom.